The lowest BCUT2D eigenvalue weighted by atomic mass is 10.1. The van der Waals surface area contributed by atoms with Crippen LogP contribution in [0.15, 0.2) is 22.7 Å². The second-order valence-corrected chi connectivity index (χ2v) is 5.14. The number of anilines is 1. The van der Waals surface area contributed by atoms with Crippen molar-refractivity contribution in [2.45, 2.75) is 33.7 Å². The van der Waals surface area contributed by atoms with Crippen molar-refractivity contribution in [2.75, 3.05) is 18.4 Å². The molecule has 1 aromatic rings. The molecule has 18 heavy (non-hydrogen) atoms. The van der Waals surface area contributed by atoms with Crippen molar-refractivity contribution in [3.05, 3.63) is 28.2 Å². The Morgan fingerprint density at radius 1 is 1.39 bits per heavy atom. The van der Waals surface area contributed by atoms with Gasteiger partial charge in [-0.05, 0) is 45.4 Å². The quantitative estimate of drug-likeness (QED) is 0.903. The maximum atomic E-state index is 12.2. The maximum absolute atomic E-state index is 12.2. The van der Waals surface area contributed by atoms with Gasteiger partial charge >= 0.3 is 0 Å². The molecule has 3 nitrogen and oxygen atoms in total. The number of hydrogen-bond donors (Lipinski definition) is 1. The second-order valence-electron chi connectivity index (χ2n) is 4.29. The SMILES string of the molecule is CCN(CC)C(=O)C(C)Nc1cccc(Br)c1C. The summed E-state index contributed by atoms with van der Waals surface area (Å²) < 4.78 is 1.05. The molecule has 0 aromatic heterocycles. The number of hydrogen-bond acceptors (Lipinski definition) is 2. The molecule has 1 aromatic carbocycles. The molecule has 100 valence electrons. The van der Waals surface area contributed by atoms with Crippen LogP contribution in [-0.2, 0) is 4.79 Å². The van der Waals surface area contributed by atoms with Gasteiger partial charge in [-0.1, -0.05) is 22.0 Å². The topological polar surface area (TPSA) is 32.3 Å². The first kappa shape index (κ1) is 15.0. The first-order chi connectivity index (χ1) is 8.51. The monoisotopic (exact) mass is 312 g/mol. The van der Waals surface area contributed by atoms with Gasteiger partial charge in [-0.15, -0.1) is 0 Å². The predicted octanol–water partition coefficient (Wildman–Crippen LogP) is 3.43. The first-order valence-corrected chi connectivity index (χ1v) is 7.11. The van der Waals surface area contributed by atoms with E-state index in [1.807, 2.05) is 50.8 Å². The molecular weight excluding hydrogens is 292 g/mol. The molecule has 0 saturated carbocycles. The van der Waals surface area contributed by atoms with Crippen LogP contribution in [0.2, 0.25) is 0 Å². The molecule has 0 aliphatic rings. The molecule has 0 saturated heterocycles. The Labute approximate surface area is 118 Å². The number of amides is 1. The molecule has 1 N–H and O–H groups in total. The van der Waals surface area contributed by atoms with Crippen molar-refractivity contribution in [3.8, 4) is 0 Å². The lowest BCUT2D eigenvalue weighted by Crippen LogP contribution is -2.41. The summed E-state index contributed by atoms with van der Waals surface area (Å²) in [6.07, 6.45) is 0. The summed E-state index contributed by atoms with van der Waals surface area (Å²) in [5.74, 6) is 0.138. The van der Waals surface area contributed by atoms with Crippen molar-refractivity contribution in [3.63, 3.8) is 0 Å². The zero-order valence-electron chi connectivity index (χ0n) is 11.5. The molecule has 0 spiro atoms. The standard InChI is InChI=1S/C14H21BrN2O/c1-5-17(6-2)14(18)11(4)16-13-9-7-8-12(15)10(13)3/h7-9,11,16H,5-6H2,1-4H3. The van der Waals surface area contributed by atoms with Gasteiger partial charge in [0.2, 0.25) is 5.91 Å². The van der Waals surface area contributed by atoms with Gasteiger partial charge in [-0.25, -0.2) is 0 Å². The third-order valence-corrected chi connectivity index (χ3v) is 3.94. The van der Waals surface area contributed by atoms with E-state index in [2.05, 4.69) is 21.2 Å². The molecule has 0 fully saturated rings. The van der Waals surface area contributed by atoms with E-state index in [1.165, 1.54) is 0 Å². The summed E-state index contributed by atoms with van der Waals surface area (Å²) in [6.45, 7) is 9.43. The van der Waals surface area contributed by atoms with Crippen LogP contribution in [0.1, 0.15) is 26.3 Å². The largest absolute Gasteiger partial charge is 0.374 e. The van der Waals surface area contributed by atoms with Crippen molar-refractivity contribution in [1.29, 1.82) is 0 Å². The van der Waals surface area contributed by atoms with E-state index in [4.69, 9.17) is 0 Å². The van der Waals surface area contributed by atoms with E-state index in [-0.39, 0.29) is 11.9 Å². The Morgan fingerprint density at radius 3 is 2.56 bits per heavy atom. The fraction of sp³-hybridized carbons (Fsp3) is 0.500. The maximum Gasteiger partial charge on any atom is 0.244 e. The first-order valence-electron chi connectivity index (χ1n) is 6.31. The number of benzene rings is 1. The van der Waals surface area contributed by atoms with Crippen LogP contribution in [-0.4, -0.2) is 29.9 Å². The molecule has 0 radical (unpaired) electrons. The van der Waals surface area contributed by atoms with Gasteiger partial charge in [-0.2, -0.15) is 0 Å². The zero-order chi connectivity index (χ0) is 13.7. The highest BCUT2D eigenvalue weighted by Gasteiger charge is 2.18. The third kappa shape index (κ3) is 3.48. The van der Waals surface area contributed by atoms with Gasteiger partial charge in [0, 0.05) is 23.2 Å². The van der Waals surface area contributed by atoms with E-state index < -0.39 is 0 Å². The predicted molar refractivity (Wildman–Crippen MR) is 79.9 cm³/mol. The Bertz CT molecular complexity index is 416. The van der Waals surface area contributed by atoms with Gasteiger partial charge in [0.15, 0.2) is 0 Å². The van der Waals surface area contributed by atoms with Crippen molar-refractivity contribution in [1.82, 2.24) is 4.90 Å². The van der Waals surface area contributed by atoms with Gasteiger partial charge in [0.25, 0.3) is 0 Å². The van der Waals surface area contributed by atoms with Gasteiger partial charge < -0.3 is 10.2 Å². The Kier molecular flexibility index (Phi) is 5.66. The summed E-state index contributed by atoms with van der Waals surface area (Å²) in [4.78, 5) is 14.0. The molecule has 4 heteroatoms. The van der Waals surface area contributed by atoms with Gasteiger partial charge in [-0.3, -0.25) is 4.79 Å². The Morgan fingerprint density at radius 2 is 2.00 bits per heavy atom. The average molecular weight is 313 g/mol. The molecule has 0 heterocycles. The van der Waals surface area contributed by atoms with Crippen LogP contribution in [0.3, 0.4) is 0 Å². The fourth-order valence-electron chi connectivity index (χ4n) is 1.87. The molecule has 0 aliphatic carbocycles. The van der Waals surface area contributed by atoms with E-state index in [0.717, 1.165) is 28.8 Å². The van der Waals surface area contributed by atoms with Crippen LogP contribution in [0, 0.1) is 6.92 Å². The molecular formula is C14H21BrN2O. The van der Waals surface area contributed by atoms with Gasteiger partial charge in [0.05, 0.1) is 0 Å². The summed E-state index contributed by atoms with van der Waals surface area (Å²) in [6, 6.07) is 5.75. The summed E-state index contributed by atoms with van der Waals surface area (Å²) >= 11 is 3.49. The van der Waals surface area contributed by atoms with Gasteiger partial charge in [0.1, 0.15) is 6.04 Å². The fourth-order valence-corrected chi connectivity index (χ4v) is 2.23. The number of likely N-dealkylation sites (N-methyl/N-ethyl adjacent to an activating group) is 1. The lowest BCUT2D eigenvalue weighted by molar-refractivity contribution is -0.131. The lowest BCUT2D eigenvalue weighted by Gasteiger charge is -2.24. The highest BCUT2D eigenvalue weighted by molar-refractivity contribution is 9.10. The van der Waals surface area contributed by atoms with E-state index in [0.29, 0.717) is 0 Å². The molecule has 1 unspecified atom stereocenters. The minimum Gasteiger partial charge on any atom is -0.374 e. The molecule has 0 aliphatic heterocycles. The molecule has 0 bridgehead atoms. The minimum absolute atomic E-state index is 0.138. The molecule has 1 rings (SSSR count). The Balaban J connectivity index is 2.78. The third-order valence-electron chi connectivity index (χ3n) is 3.09. The number of carbonyl (C=O) groups is 1. The number of nitrogens with zero attached hydrogens (tertiary/aromatic N) is 1. The van der Waals surface area contributed by atoms with Crippen LogP contribution >= 0.6 is 15.9 Å². The van der Waals surface area contributed by atoms with E-state index >= 15 is 0 Å². The highest BCUT2D eigenvalue weighted by atomic mass is 79.9. The van der Waals surface area contributed by atoms with Crippen molar-refractivity contribution < 1.29 is 4.79 Å². The zero-order valence-corrected chi connectivity index (χ0v) is 13.0. The normalized spacial score (nSPS) is 12.1. The number of carbonyl (C=O) groups excluding carboxylic acids is 1. The molecule has 1 amide bonds. The molecule has 1 atom stereocenters. The highest BCUT2D eigenvalue weighted by Crippen LogP contribution is 2.24. The second kappa shape index (κ2) is 6.78. The minimum atomic E-state index is -0.210. The van der Waals surface area contributed by atoms with Crippen LogP contribution in [0.25, 0.3) is 0 Å². The number of nitrogens with one attached hydrogen (secondary N) is 1. The smallest absolute Gasteiger partial charge is 0.244 e. The van der Waals surface area contributed by atoms with Crippen molar-refractivity contribution >= 4 is 27.5 Å². The van der Waals surface area contributed by atoms with E-state index in [1.54, 1.807) is 0 Å². The summed E-state index contributed by atoms with van der Waals surface area (Å²) in [5.41, 5.74) is 2.12. The van der Waals surface area contributed by atoms with Crippen LogP contribution in [0.4, 0.5) is 5.69 Å². The summed E-state index contributed by atoms with van der Waals surface area (Å²) in [7, 11) is 0. The van der Waals surface area contributed by atoms with Crippen molar-refractivity contribution in [2.24, 2.45) is 0 Å². The van der Waals surface area contributed by atoms with Crippen LogP contribution in [0.5, 0.6) is 0 Å². The van der Waals surface area contributed by atoms with E-state index in [9.17, 15) is 4.79 Å². The number of halogens is 1. The average Bonchev–Trinajstić information content (AvgIpc) is 2.36. The van der Waals surface area contributed by atoms with Crippen LogP contribution < -0.4 is 5.32 Å². The number of rotatable bonds is 5. The summed E-state index contributed by atoms with van der Waals surface area (Å²) in [5, 5.41) is 3.28. The Hall–Kier alpha value is -1.03.